The molecule has 56 heavy (non-hydrogen) atoms. The molecule has 1 spiro atoms. The summed E-state index contributed by atoms with van der Waals surface area (Å²) in [5, 5.41) is 4.35. The van der Waals surface area contributed by atoms with Crippen molar-refractivity contribution in [3.05, 3.63) is 203 Å². The zero-order valence-corrected chi connectivity index (χ0v) is 30.4. The fourth-order valence-corrected chi connectivity index (χ4v) is 10.6. The maximum absolute atomic E-state index is 7.75. The Labute approximate surface area is 325 Å². The third-order valence-electron chi connectivity index (χ3n) is 11.7. The van der Waals surface area contributed by atoms with Crippen molar-refractivity contribution < 1.29 is 0 Å². The van der Waals surface area contributed by atoms with E-state index >= 15 is 0 Å². The Morgan fingerprint density at radius 3 is 1.39 bits per heavy atom. The molecular weight excluding hydrogens is 705 g/mol. The summed E-state index contributed by atoms with van der Waals surface area (Å²) < 4.78 is 4.67. The Balaban J connectivity index is 1.18. The van der Waals surface area contributed by atoms with Crippen LogP contribution in [0.2, 0.25) is 0 Å². The predicted molar refractivity (Wildman–Crippen MR) is 225 cm³/mol. The van der Waals surface area contributed by atoms with Crippen LogP contribution < -0.4 is 0 Å². The molecule has 0 amide bonds. The van der Waals surface area contributed by atoms with E-state index in [-0.39, 0.29) is 0 Å². The van der Waals surface area contributed by atoms with Gasteiger partial charge in [-0.25, -0.2) is 9.69 Å². The Kier molecular flexibility index (Phi) is 6.24. The van der Waals surface area contributed by atoms with Gasteiger partial charge in [0.2, 0.25) is 0 Å². The third kappa shape index (κ3) is 3.94. The van der Waals surface area contributed by atoms with Gasteiger partial charge in [-0.3, -0.25) is 9.97 Å². The highest BCUT2D eigenvalue weighted by Crippen LogP contribution is 2.62. The normalized spacial score (nSPS) is 13.4. The maximum atomic E-state index is 7.75. The largest absolute Gasteiger partial charge is 0.309 e. The molecule has 1 aliphatic carbocycles. The molecule has 0 saturated heterocycles. The molecule has 0 fully saturated rings. The first-order valence-electron chi connectivity index (χ1n) is 18.4. The molecule has 0 bridgehead atoms. The molecule has 7 heteroatoms. The first-order chi connectivity index (χ1) is 27.7. The van der Waals surface area contributed by atoms with Gasteiger partial charge in [-0.05, 0) is 118 Å². The van der Waals surface area contributed by atoms with Crippen LogP contribution in [0, 0.1) is 13.1 Å². The zero-order chi connectivity index (χ0) is 37.1. The van der Waals surface area contributed by atoms with Gasteiger partial charge < -0.3 is 9.13 Å². The number of hydrogen-bond acceptors (Lipinski definition) is 3. The fourth-order valence-electron chi connectivity index (χ4n) is 9.48. The number of rotatable bonds is 2. The Hall–Kier alpha value is -7.45. The van der Waals surface area contributed by atoms with Crippen LogP contribution in [-0.2, 0) is 5.41 Å². The number of nitrogens with zero attached hydrogens (tertiary/aromatic N) is 6. The lowest BCUT2D eigenvalue weighted by Gasteiger charge is -2.39. The molecule has 258 valence electrons. The summed E-state index contributed by atoms with van der Waals surface area (Å²) in [6.07, 6.45) is 3.74. The standard InChI is InChI=1S/C49H26N6S/c1-50-29-15-19-43-35(25-29)36-26-30(51-2)16-20-44(36)55(43)32-18-22-46-40(28-32)49(37-11-7-23-52-47(37)48-38(49)12-8-24-53-48)39-27-31(17-21-45(39)56-46)54-41-13-5-3-9-33(41)34-10-4-6-14-42(34)54/h3-28H. The highest BCUT2D eigenvalue weighted by molar-refractivity contribution is 7.99. The van der Waals surface area contributed by atoms with Crippen molar-refractivity contribution in [2.45, 2.75) is 15.2 Å². The van der Waals surface area contributed by atoms with E-state index in [0.29, 0.717) is 11.4 Å². The van der Waals surface area contributed by atoms with Crippen molar-refractivity contribution in [2.24, 2.45) is 0 Å². The van der Waals surface area contributed by atoms with Gasteiger partial charge >= 0.3 is 0 Å². The van der Waals surface area contributed by atoms with E-state index < -0.39 is 5.41 Å². The molecule has 0 unspecified atom stereocenters. The van der Waals surface area contributed by atoms with Crippen LogP contribution in [0.3, 0.4) is 0 Å². The first-order valence-corrected chi connectivity index (χ1v) is 19.2. The summed E-state index contributed by atoms with van der Waals surface area (Å²) in [4.78, 5) is 19.9. The molecule has 0 radical (unpaired) electrons. The highest BCUT2D eigenvalue weighted by atomic mass is 32.2. The Bertz CT molecular complexity index is 3280. The molecule has 12 rings (SSSR count). The minimum atomic E-state index is -0.721. The fraction of sp³-hybridized carbons (Fsp3) is 0.0204. The van der Waals surface area contributed by atoms with Crippen molar-refractivity contribution in [1.29, 1.82) is 0 Å². The molecule has 10 aromatic rings. The molecule has 0 N–H and O–H groups in total. The number of para-hydroxylation sites is 2. The van der Waals surface area contributed by atoms with E-state index in [0.717, 1.165) is 55.7 Å². The van der Waals surface area contributed by atoms with Crippen molar-refractivity contribution in [3.8, 4) is 22.8 Å². The van der Waals surface area contributed by atoms with Gasteiger partial charge in [0.1, 0.15) is 0 Å². The molecule has 0 atom stereocenters. The molecule has 4 aromatic heterocycles. The molecule has 0 saturated carbocycles. The van der Waals surface area contributed by atoms with E-state index in [1.807, 2.05) is 60.9 Å². The Morgan fingerprint density at radius 2 is 0.911 bits per heavy atom. The van der Waals surface area contributed by atoms with Crippen LogP contribution in [0.25, 0.3) is 76.1 Å². The summed E-state index contributed by atoms with van der Waals surface area (Å²) in [5.41, 5.74) is 13.2. The average molecular weight is 731 g/mol. The molecule has 6 nitrogen and oxygen atoms in total. The van der Waals surface area contributed by atoms with Crippen LogP contribution in [0.15, 0.2) is 168 Å². The molecule has 1 aliphatic heterocycles. The molecule has 2 aliphatic rings. The molecular formula is C49H26N6S. The van der Waals surface area contributed by atoms with E-state index in [2.05, 4.69) is 116 Å². The van der Waals surface area contributed by atoms with Gasteiger partial charge in [0.05, 0.1) is 52.0 Å². The van der Waals surface area contributed by atoms with Crippen molar-refractivity contribution in [3.63, 3.8) is 0 Å². The van der Waals surface area contributed by atoms with Crippen LogP contribution in [0.5, 0.6) is 0 Å². The lowest BCUT2D eigenvalue weighted by Crippen LogP contribution is -2.32. The second-order valence-electron chi connectivity index (χ2n) is 14.3. The van der Waals surface area contributed by atoms with E-state index in [9.17, 15) is 0 Å². The second-order valence-corrected chi connectivity index (χ2v) is 15.4. The van der Waals surface area contributed by atoms with E-state index in [1.54, 1.807) is 11.8 Å². The molecule has 6 aromatic carbocycles. The summed E-state index contributed by atoms with van der Waals surface area (Å²) in [5.74, 6) is 0. The SMILES string of the molecule is [C-]#[N+]c1ccc2c(c1)c1cc([N+]#[C-])ccc1n2-c1ccc2c(c1)C1(c3cc(-n4c5ccccc5c5ccccc54)ccc3S2)c2cccnc2-c2ncccc21. The number of hydrogen-bond donors (Lipinski definition) is 0. The topological polar surface area (TPSA) is 44.4 Å². The van der Waals surface area contributed by atoms with Crippen molar-refractivity contribution in [2.75, 3.05) is 0 Å². The van der Waals surface area contributed by atoms with Gasteiger partial charge in [0.15, 0.2) is 11.4 Å². The number of benzene rings is 6. The smallest absolute Gasteiger partial charge is 0.188 e. The third-order valence-corrected chi connectivity index (χ3v) is 12.8. The van der Waals surface area contributed by atoms with Gasteiger partial charge in [0.25, 0.3) is 0 Å². The van der Waals surface area contributed by atoms with Gasteiger partial charge in [-0.1, -0.05) is 72.4 Å². The van der Waals surface area contributed by atoms with Crippen LogP contribution >= 0.6 is 11.8 Å². The van der Waals surface area contributed by atoms with Gasteiger partial charge in [-0.2, -0.15) is 0 Å². The Morgan fingerprint density at radius 1 is 0.446 bits per heavy atom. The van der Waals surface area contributed by atoms with Crippen LogP contribution in [-0.4, -0.2) is 19.1 Å². The predicted octanol–water partition coefficient (Wildman–Crippen LogP) is 12.6. The van der Waals surface area contributed by atoms with Gasteiger partial charge in [-0.15, -0.1) is 0 Å². The quantitative estimate of drug-likeness (QED) is 0.166. The second kappa shape index (κ2) is 11.3. The van der Waals surface area contributed by atoms with Crippen LogP contribution in [0.1, 0.15) is 22.3 Å². The molecule has 5 heterocycles. The van der Waals surface area contributed by atoms with Crippen molar-refractivity contribution >= 4 is 66.7 Å². The van der Waals surface area contributed by atoms with Gasteiger partial charge in [0, 0.05) is 44.3 Å². The lowest BCUT2D eigenvalue weighted by molar-refractivity contribution is 0.717. The highest BCUT2D eigenvalue weighted by Gasteiger charge is 2.52. The van der Waals surface area contributed by atoms with Crippen LogP contribution in [0.4, 0.5) is 11.4 Å². The summed E-state index contributed by atoms with van der Waals surface area (Å²) in [7, 11) is 0. The van der Waals surface area contributed by atoms with E-state index in [4.69, 9.17) is 23.1 Å². The minimum Gasteiger partial charge on any atom is -0.309 e. The number of aromatic nitrogens is 4. The average Bonchev–Trinajstić information content (AvgIpc) is 3.88. The number of pyridine rings is 2. The maximum Gasteiger partial charge on any atom is 0.188 e. The summed E-state index contributed by atoms with van der Waals surface area (Å²) >= 11 is 1.80. The van der Waals surface area contributed by atoms with Crippen molar-refractivity contribution in [1.82, 2.24) is 19.1 Å². The monoisotopic (exact) mass is 730 g/mol. The first kappa shape index (κ1) is 31.0. The minimum absolute atomic E-state index is 0.570. The van der Waals surface area contributed by atoms with E-state index in [1.165, 1.54) is 42.7 Å². The summed E-state index contributed by atoms with van der Waals surface area (Å²) in [6.45, 7) is 15.5. The number of fused-ring (bicyclic) bond motifs is 15. The zero-order valence-electron chi connectivity index (χ0n) is 29.6. The lowest BCUT2D eigenvalue weighted by atomic mass is 9.67. The summed E-state index contributed by atoms with van der Waals surface area (Å²) in [6, 6.07) is 51.3.